The van der Waals surface area contributed by atoms with Crippen molar-refractivity contribution < 1.29 is 4.74 Å². The van der Waals surface area contributed by atoms with Gasteiger partial charge in [0.25, 0.3) is 6.02 Å². The molecule has 14 heavy (non-hydrogen) atoms. The monoisotopic (exact) mass is 189 g/mol. The molecule has 0 atom stereocenters. The summed E-state index contributed by atoms with van der Waals surface area (Å²) in [4.78, 5) is 4.16. The van der Waals surface area contributed by atoms with Gasteiger partial charge >= 0.3 is 0 Å². The van der Waals surface area contributed by atoms with Crippen LogP contribution in [-0.2, 0) is 4.74 Å². The number of nitrogens with one attached hydrogen (secondary N) is 1. The lowest BCUT2D eigenvalue weighted by Crippen LogP contribution is -2.13. The molecular weight excluding hydrogens is 178 g/mol. The summed E-state index contributed by atoms with van der Waals surface area (Å²) in [5.74, 6) is 0. The third-order valence-electron chi connectivity index (χ3n) is 1.95. The van der Waals surface area contributed by atoms with E-state index in [1.165, 1.54) is 0 Å². The predicted molar refractivity (Wildman–Crippen MR) is 54.5 cm³/mol. The Morgan fingerprint density at radius 3 is 3.07 bits per heavy atom. The fourth-order valence-electron chi connectivity index (χ4n) is 1.33. The van der Waals surface area contributed by atoms with E-state index in [0.717, 1.165) is 11.0 Å². The molecule has 2 aromatic rings. The second kappa shape index (κ2) is 3.49. The summed E-state index contributed by atoms with van der Waals surface area (Å²) in [6.07, 6.45) is 1.60. The fraction of sp³-hybridized carbons (Fsp3) is 0.200. The summed E-state index contributed by atoms with van der Waals surface area (Å²) in [5, 5.41) is 7.63. The van der Waals surface area contributed by atoms with Gasteiger partial charge in [0.05, 0.1) is 17.6 Å². The van der Waals surface area contributed by atoms with Crippen molar-refractivity contribution in [3.63, 3.8) is 0 Å². The number of para-hydroxylation sites is 2. The molecule has 4 nitrogen and oxygen atoms in total. The zero-order valence-corrected chi connectivity index (χ0v) is 7.90. The first kappa shape index (κ1) is 8.74. The maximum atomic E-state index is 7.63. The minimum Gasteiger partial charge on any atom is -0.465 e. The third-order valence-corrected chi connectivity index (χ3v) is 1.95. The molecule has 1 aromatic carbocycles. The molecule has 0 spiro atoms. The number of ether oxygens (including phenoxy) is 1. The van der Waals surface area contributed by atoms with Crippen LogP contribution in [-0.4, -0.2) is 22.2 Å². The van der Waals surface area contributed by atoms with Crippen LogP contribution in [0.3, 0.4) is 0 Å². The SMILES string of the molecule is CCOC(=N)n1cnc2ccccc21. The van der Waals surface area contributed by atoms with Gasteiger partial charge in [-0.3, -0.25) is 9.98 Å². The number of nitrogens with zero attached hydrogens (tertiary/aromatic N) is 2. The first-order valence-corrected chi connectivity index (χ1v) is 4.46. The van der Waals surface area contributed by atoms with E-state index in [2.05, 4.69) is 4.98 Å². The molecule has 4 heteroatoms. The highest BCUT2D eigenvalue weighted by atomic mass is 16.5. The molecule has 0 amide bonds. The number of hydrogen-bond acceptors (Lipinski definition) is 3. The Morgan fingerprint density at radius 2 is 2.29 bits per heavy atom. The van der Waals surface area contributed by atoms with Crippen LogP contribution in [0.5, 0.6) is 0 Å². The third kappa shape index (κ3) is 1.35. The summed E-state index contributed by atoms with van der Waals surface area (Å²) in [6, 6.07) is 7.77. The predicted octanol–water partition coefficient (Wildman–Crippen LogP) is 1.86. The molecule has 0 aliphatic carbocycles. The van der Waals surface area contributed by atoms with Crippen molar-refractivity contribution in [1.82, 2.24) is 9.55 Å². The number of benzene rings is 1. The molecule has 2 rings (SSSR count). The van der Waals surface area contributed by atoms with Crippen LogP contribution in [0.4, 0.5) is 0 Å². The summed E-state index contributed by atoms with van der Waals surface area (Å²) < 4.78 is 6.72. The largest absolute Gasteiger partial charge is 0.465 e. The summed E-state index contributed by atoms with van der Waals surface area (Å²) in [5.41, 5.74) is 1.77. The van der Waals surface area contributed by atoms with E-state index in [1.54, 1.807) is 10.9 Å². The first-order chi connectivity index (χ1) is 6.83. The number of rotatable bonds is 1. The normalized spacial score (nSPS) is 10.4. The van der Waals surface area contributed by atoms with Crippen molar-refractivity contribution in [2.75, 3.05) is 6.61 Å². The molecular formula is C10H11N3O. The number of fused-ring (bicyclic) bond motifs is 1. The molecule has 1 N–H and O–H groups in total. The van der Waals surface area contributed by atoms with E-state index in [0.29, 0.717) is 6.61 Å². The van der Waals surface area contributed by atoms with E-state index >= 15 is 0 Å². The van der Waals surface area contributed by atoms with Crippen molar-refractivity contribution in [2.45, 2.75) is 6.92 Å². The average molecular weight is 189 g/mol. The van der Waals surface area contributed by atoms with Gasteiger partial charge in [0.15, 0.2) is 0 Å². The van der Waals surface area contributed by atoms with Gasteiger partial charge in [-0.1, -0.05) is 12.1 Å². The highest BCUT2D eigenvalue weighted by molar-refractivity contribution is 5.87. The van der Waals surface area contributed by atoms with Crippen molar-refractivity contribution in [3.8, 4) is 0 Å². The lowest BCUT2D eigenvalue weighted by Gasteiger charge is -2.05. The number of aromatic nitrogens is 2. The second-order valence-electron chi connectivity index (χ2n) is 2.84. The quantitative estimate of drug-likeness (QED) is 0.549. The Labute approximate surface area is 81.6 Å². The van der Waals surface area contributed by atoms with Gasteiger partial charge in [-0.05, 0) is 19.1 Å². The molecule has 72 valence electrons. The number of hydrogen-bond donors (Lipinski definition) is 1. The standard InChI is InChI=1S/C10H11N3O/c1-2-14-10(11)13-7-12-8-5-3-4-6-9(8)13/h3-7,11H,2H2,1H3. The molecule has 0 aliphatic rings. The fourth-order valence-corrected chi connectivity index (χ4v) is 1.33. The Bertz CT molecular complexity index is 461. The van der Waals surface area contributed by atoms with Gasteiger partial charge in [-0.2, -0.15) is 0 Å². The van der Waals surface area contributed by atoms with Crippen LogP contribution < -0.4 is 0 Å². The van der Waals surface area contributed by atoms with Gasteiger partial charge in [-0.25, -0.2) is 4.98 Å². The van der Waals surface area contributed by atoms with Crippen LogP contribution >= 0.6 is 0 Å². The van der Waals surface area contributed by atoms with Crippen LogP contribution in [0, 0.1) is 5.41 Å². The van der Waals surface area contributed by atoms with Crippen molar-refractivity contribution in [3.05, 3.63) is 30.6 Å². The molecule has 0 aliphatic heterocycles. The van der Waals surface area contributed by atoms with Crippen LogP contribution in [0.2, 0.25) is 0 Å². The number of imidazole rings is 1. The Hall–Kier alpha value is -1.84. The Kier molecular flexibility index (Phi) is 2.18. The zero-order valence-electron chi connectivity index (χ0n) is 7.90. The summed E-state index contributed by atoms with van der Waals surface area (Å²) in [7, 11) is 0. The molecule has 1 aromatic heterocycles. The second-order valence-corrected chi connectivity index (χ2v) is 2.84. The van der Waals surface area contributed by atoms with Gasteiger partial charge in [0, 0.05) is 0 Å². The van der Waals surface area contributed by atoms with Crippen molar-refractivity contribution in [1.29, 1.82) is 5.41 Å². The van der Waals surface area contributed by atoms with Crippen molar-refractivity contribution in [2.24, 2.45) is 0 Å². The minimum atomic E-state index is 0.112. The van der Waals surface area contributed by atoms with E-state index in [9.17, 15) is 0 Å². The molecule has 0 radical (unpaired) electrons. The maximum absolute atomic E-state index is 7.63. The Balaban J connectivity index is 2.47. The van der Waals surface area contributed by atoms with Crippen LogP contribution in [0.15, 0.2) is 30.6 Å². The summed E-state index contributed by atoms with van der Waals surface area (Å²) in [6.45, 7) is 2.35. The molecule has 0 bridgehead atoms. The lowest BCUT2D eigenvalue weighted by atomic mass is 10.3. The van der Waals surface area contributed by atoms with Gasteiger partial charge in [0.1, 0.15) is 6.33 Å². The molecule has 0 saturated carbocycles. The van der Waals surface area contributed by atoms with E-state index in [4.69, 9.17) is 10.1 Å². The molecule has 1 heterocycles. The highest BCUT2D eigenvalue weighted by Gasteiger charge is 2.05. The van der Waals surface area contributed by atoms with Crippen LogP contribution in [0.1, 0.15) is 6.92 Å². The zero-order chi connectivity index (χ0) is 9.97. The van der Waals surface area contributed by atoms with Gasteiger partial charge in [-0.15, -0.1) is 0 Å². The minimum absolute atomic E-state index is 0.112. The van der Waals surface area contributed by atoms with Crippen LogP contribution in [0.25, 0.3) is 11.0 Å². The van der Waals surface area contributed by atoms with E-state index < -0.39 is 0 Å². The topological polar surface area (TPSA) is 50.9 Å². The smallest absolute Gasteiger partial charge is 0.294 e. The highest BCUT2D eigenvalue weighted by Crippen LogP contribution is 2.11. The first-order valence-electron chi connectivity index (χ1n) is 4.46. The Morgan fingerprint density at radius 1 is 1.50 bits per heavy atom. The summed E-state index contributed by atoms with van der Waals surface area (Å²) >= 11 is 0. The molecule has 0 unspecified atom stereocenters. The van der Waals surface area contributed by atoms with E-state index in [1.807, 2.05) is 31.2 Å². The lowest BCUT2D eigenvalue weighted by molar-refractivity contribution is 0.310. The molecule has 0 saturated heterocycles. The van der Waals surface area contributed by atoms with E-state index in [-0.39, 0.29) is 6.02 Å². The van der Waals surface area contributed by atoms with Gasteiger partial charge in [0.2, 0.25) is 0 Å². The maximum Gasteiger partial charge on any atom is 0.294 e. The van der Waals surface area contributed by atoms with Gasteiger partial charge < -0.3 is 4.74 Å². The van der Waals surface area contributed by atoms with Crippen molar-refractivity contribution >= 4 is 17.1 Å². The average Bonchev–Trinajstić information content (AvgIpc) is 2.61. The molecule has 0 fully saturated rings.